The van der Waals surface area contributed by atoms with Gasteiger partial charge in [0, 0.05) is 12.6 Å². The molecule has 0 bridgehead atoms. The predicted molar refractivity (Wildman–Crippen MR) is 84.4 cm³/mol. The number of aliphatic carboxylic acids is 1. The first-order chi connectivity index (χ1) is 9.66. The van der Waals surface area contributed by atoms with Crippen LogP contribution in [0.25, 0.3) is 0 Å². The molecule has 0 heterocycles. The molecule has 1 unspecified atom stereocenters. The summed E-state index contributed by atoms with van der Waals surface area (Å²) in [4.78, 5) is 25.6. The quantitative estimate of drug-likeness (QED) is 0.607. The number of carboxylic acid groups (broad SMARTS) is 1. The van der Waals surface area contributed by atoms with Gasteiger partial charge in [-0.25, -0.2) is 9.59 Å². The molecule has 0 aliphatic heterocycles. The lowest BCUT2D eigenvalue weighted by atomic mass is 9.93. The number of carboxylic acids is 1. The van der Waals surface area contributed by atoms with Crippen LogP contribution in [0.2, 0.25) is 0 Å². The first-order valence-electron chi connectivity index (χ1n) is 7.63. The monoisotopic (exact) mass is 301 g/mol. The van der Waals surface area contributed by atoms with E-state index in [2.05, 4.69) is 24.5 Å². The van der Waals surface area contributed by atoms with Gasteiger partial charge in [0.1, 0.15) is 5.54 Å². The van der Waals surface area contributed by atoms with Crippen molar-refractivity contribution in [3.63, 3.8) is 0 Å². The van der Waals surface area contributed by atoms with Crippen LogP contribution in [0.1, 0.15) is 47.0 Å². The highest BCUT2D eigenvalue weighted by molar-refractivity contribution is 5.86. The van der Waals surface area contributed by atoms with Crippen LogP contribution >= 0.6 is 0 Å². The third kappa shape index (κ3) is 6.80. The van der Waals surface area contributed by atoms with Gasteiger partial charge in [0.2, 0.25) is 0 Å². The van der Waals surface area contributed by atoms with Crippen molar-refractivity contribution in [2.75, 3.05) is 20.6 Å². The number of amides is 2. The van der Waals surface area contributed by atoms with Crippen LogP contribution < -0.4 is 10.6 Å². The Morgan fingerprint density at radius 1 is 1.19 bits per heavy atom. The van der Waals surface area contributed by atoms with Crippen molar-refractivity contribution in [1.29, 1.82) is 0 Å². The summed E-state index contributed by atoms with van der Waals surface area (Å²) >= 11 is 0. The Morgan fingerprint density at radius 3 is 2.05 bits per heavy atom. The predicted octanol–water partition coefficient (Wildman–Crippen LogP) is 1.91. The summed E-state index contributed by atoms with van der Waals surface area (Å²) in [5, 5.41) is 14.9. The second-order valence-corrected chi connectivity index (χ2v) is 6.28. The second kappa shape index (κ2) is 8.87. The number of nitrogens with zero attached hydrogens (tertiary/aromatic N) is 1. The number of rotatable bonds is 9. The van der Waals surface area contributed by atoms with Gasteiger partial charge in [-0.2, -0.15) is 0 Å². The molecule has 2 amide bonds. The maximum absolute atomic E-state index is 12.2. The lowest BCUT2D eigenvalue weighted by molar-refractivity contribution is -0.144. The Hall–Kier alpha value is -1.30. The van der Waals surface area contributed by atoms with Crippen molar-refractivity contribution < 1.29 is 14.7 Å². The fourth-order valence-electron chi connectivity index (χ4n) is 2.41. The zero-order chi connectivity index (χ0) is 16.6. The van der Waals surface area contributed by atoms with Crippen LogP contribution in [0.4, 0.5) is 4.79 Å². The highest BCUT2D eigenvalue weighted by atomic mass is 16.4. The van der Waals surface area contributed by atoms with E-state index in [1.807, 2.05) is 19.0 Å². The van der Waals surface area contributed by atoms with E-state index in [-0.39, 0.29) is 6.04 Å². The molecule has 0 aliphatic rings. The average molecular weight is 301 g/mol. The topological polar surface area (TPSA) is 81.7 Å². The Kier molecular flexibility index (Phi) is 8.32. The molecule has 0 saturated carbocycles. The molecule has 0 saturated heterocycles. The zero-order valence-electron chi connectivity index (χ0n) is 14.2. The van der Waals surface area contributed by atoms with Crippen LogP contribution in [-0.2, 0) is 4.79 Å². The van der Waals surface area contributed by atoms with E-state index in [0.717, 1.165) is 13.0 Å². The first-order valence-corrected chi connectivity index (χ1v) is 7.63. The number of hydrogen-bond donors (Lipinski definition) is 3. The van der Waals surface area contributed by atoms with E-state index < -0.39 is 17.5 Å². The maximum Gasteiger partial charge on any atom is 0.329 e. The highest BCUT2D eigenvalue weighted by Crippen LogP contribution is 2.15. The van der Waals surface area contributed by atoms with Gasteiger partial charge in [0.15, 0.2) is 0 Å². The van der Waals surface area contributed by atoms with Crippen LogP contribution in [0.15, 0.2) is 0 Å². The fourth-order valence-corrected chi connectivity index (χ4v) is 2.41. The van der Waals surface area contributed by atoms with Crippen molar-refractivity contribution in [3.8, 4) is 0 Å². The minimum Gasteiger partial charge on any atom is -0.480 e. The normalized spacial score (nSPS) is 13.3. The molecule has 0 aromatic rings. The first kappa shape index (κ1) is 19.7. The number of carbonyl (C=O) groups is 2. The van der Waals surface area contributed by atoms with Gasteiger partial charge in [0.05, 0.1) is 0 Å². The van der Waals surface area contributed by atoms with E-state index in [1.54, 1.807) is 13.8 Å². The summed E-state index contributed by atoms with van der Waals surface area (Å²) in [5.74, 6) is -0.535. The van der Waals surface area contributed by atoms with Gasteiger partial charge < -0.3 is 20.6 Å². The highest BCUT2D eigenvalue weighted by Gasteiger charge is 2.36. The molecule has 21 heavy (non-hydrogen) atoms. The van der Waals surface area contributed by atoms with Gasteiger partial charge in [0.25, 0.3) is 0 Å². The molecule has 0 aromatic carbocycles. The van der Waals surface area contributed by atoms with Crippen molar-refractivity contribution in [2.45, 2.75) is 58.5 Å². The van der Waals surface area contributed by atoms with Crippen molar-refractivity contribution in [2.24, 2.45) is 5.92 Å². The van der Waals surface area contributed by atoms with Crippen LogP contribution in [-0.4, -0.2) is 54.2 Å². The molecule has 6 heteroatoms. The lowest BCUT2D eigenvalue weighted by Crippen LogP contribution is -2.58. The van der Waals surface area contributed by atoms with Crippen molar-refractivity contribution in [3.05, 3.63) is 0 Å². The molecular weight excluding hydrogens is 270 g/mol. The molecule has 0 spiro atoms. The SMILES string of the molecule is CCC(CC)(NC(=O)NC(CC(C)C)CN(C)C)C(=O)O. The summed E-state index contributed by atoms with van der Waals surface area (Å²) in [7, 11) is 3.90. The maximum atomic E-state index is 12.2. The van der Waals surface area contributed by atoms with Crippen LogP contribution in [0.5, 0.6) is 0 Å². The standard InChI is InChI=1S/C15H31N3O3/c1-7-15(8-2,13(19)20)17-14(21)16-12(9-11(3)4)10-18(5)6/h11-12H,7-10H2,1-6H3,(H,19,20)(H2,16,17,21). The third-order valence-corrected chi connectivity index (χ3v) is 3.65. The molecule has 0 aromatic heterocycles. The summed E-state index contributed by atoms with van der Waals surface area (Å²) in [6, 6.07) is -0.409. The number of likely N-dealkylation sites (N-methyl/N-ethyl adjacent to an activating group) is 1. The van der Waals surface area contributed by atoms with E-state index in [0.29, 0.717) is 18.8 Å². The molecule has 0 aliphatic carbocycles. The number of carbonyl (C=O) groups excluding carboxylic acids is 1. The Bertz CT molecular complexity index is 329. The Labute approximate surface area is 128 Å². The largest absolute Gasteiger partial charge is 0.480 e. The van der Waals surface area contributed by atoms with Gasteiger partial charge in [-0.05, 0) is 39.3 Å². The van der Waals surface area contributed by atoms with Gasteiger partial charge in [-0.3, -0.25) is 0 Å². The molecular formula is C15H31N3O3. The number of hydrogen-bond acceptors (Lipinski definition) is 3. The fraction of sp³-hybridized carbons (Fsp3) is 0.867. The van der Waals surface area contributed by atoms with Gasteiger partial charge in [-0.15, -0.1) is 0 Å². The van der Waals surface area contributed by atoms with Gasteiger partial charge in [-0.1, -0.05) is 27.7 Å². The number of urea groups is 1. The number of nitrogens with one attached hydrogen (secondary N) is 2. The smallest absolute Gasteiger partial charge is 0.329 e. The molecule has 0 fully saturated rings. The second-order valence-electron chi connectivity index (χ2n) is 6.28. The van der Waals surface area contributed by atoms with Crippen molar-refractivity contribution >= 4 is 12.0 Å². The van der Waals surface area contributed by atoms with E-state index >= 15 is 0 Å². The van der Waals surface area contributed by atoms with E-state index in [1.165, 1.54) is 0 Å². The molecule has 1 atom stereocenters. The molecule has 0 rings (SSSR count). The summed E-state index contributed by atoms with van der Waals surface area (Å²) < 4.78 is 0. The van der Waals surface area contributed by atoms with Crippen LogP contribution in [0, 0.1) is 5.92 Å². The van der Waals surface area contributed by atoms with Crippen LogP contribution in [0.3, 0.4) is 0 Å². The summed E-state index contributed by atoms with van der Waals surface area (Å²) in [6.45, 7) is 8.46. The lowest BCUT2D eigenvalue weighted by Gasteiger charge is -2.30. The molecule has 124 valence electrons. The Balaban J connectivity index is 4.78. The minimum absolute atomic E-state index is 0.000192. The van der Waals surface area contributed by atoms with E-state index in [9.17, 15) is 14.7 Å². The van der Waals surface area contributed by atoms with E-state index in [4.69, 9.17) is 0 Å². The van der Waals surface area contributed by atoms with Gasteiger partial charge >= 0.3 is 12.0 Å². The molecule has 3 N–H and O–H groups in total. The Morgan fingerprint density at radius 2 is 1.71 bits per heavy atom. The summed E-state index contributed by atoms with van der Waals surface area (Å²) in [5.41, 5.74) is -1.19. The minimum atomic E-state index is -1.19. The average Bonchev–Trinajstić information content (AvgIpc) is 2.33. The molecule has 0 radical (unpaired) electrons. The van der Waals surface area contributed by atoms with Crippen molar-refractivity contribution in [1.82, 2.24) is 15.5 Å². The molecule has 6 nitrogen and oxygen atoms in total. The summed E-state index contributed by atoms with van der Waals surface area (Å²) in [6.07, 6.45) is 1.56. The third-order valence-electron chi connectivity index (χ3n) is 3.65. The zero-order valence-corrected chi connectivity index (χ0v) is 14.2.